The summed E-state index contributed by atoms with van der Waals surface area (Å²) >= 11 is 0. The predicted molar refractivity (Wildman–Crippen MR) is 320 cm³/mol. The summed E-state index contributed by atoms with van der Waals surface area (Å²) in [5.41, 5.74) is 17.7. The zero-order valence-corrected chi connectivity index (χ0v) is 48.7. The smallest absolute Gasteiger partial charge is 0.410 e. The molecule has 444 valence electrons. The van der Waals surface area contributed by atoms with Crippen molar-refractivity contribution in [1.29, 1.82) is 0 Å². The molecule has 10 aromatic rings. The fourth-order valence-corrected chi connectivity index (χ4v) is 9.94. The topological polar surface area (TPSA) is 269 Å². The van der Waals surface area contributed by atoms with Gasteiger partial charge in [0.05, 0.1) is 29.9 Å². The lowest BCUT2D eigenvalue weighted by Crippen LogP contribution is -2.41. The van der Waals surface area contributed by atoms with Crippen LogP contribution in [0.3, 0.4) is 0 Å². The summed E-state index contributed by atoms with van der Waals surface area (Å²) in [5, 5.41) is 14.6. The Labute approximate surface area is 499 Å². The molecule has 1 amide bonds. The van der Waals surface area contributed by atoms with Crippen molar-refractivity contribution in [3.8, 4) is 57.0 Å². The van der Waals surface area contributed by atoms with Gasteiger partial charge in [0.25, 0.3) is 0 Å². The summed E-state index contributed by atoms with van der Waals surface area (Å²) in [5.74, 6) is 3.31. The Morgan fingerprint density at radius 3 is 1.52 bits per heavy atom. The number of nitrogen functional groups attached to an aromatic ring is 2. The van der Waals surface area contributed by atoms with Crippen molar-refractivity contribution < 1.29 is 37.3 Å². The maximum atomic E-state index is 14.4. The van der Waals surface area contributed by atoms with Crippen LogP contribution < -0.4 is 35.7 Å². The Balaban J connectivity index is 0.000000191. The van der Waals surface area contributed by atoms with Crippen molar-refractivity contribution in [2.45, 2.75) is 104 Å². The fourth-order valence-electron chi connectivity index (χ4n) is 9.94. The standard InChI is InChI=1S/C33H35FN8O4.C28H27FN8O2.ClH/c1-20-36-15-21(16-37-20)18-44-26-12-23(34)13-27(14-26)45-25-9-7-22(8-10-25)29-28-30(35)38-19-39-31(28)42(40-29)17-24-6-5-11-41(24)32(43)46-33(2,3)4;1-17-32-12-18(13-33-17)15-38-23-9-20(29)10-24(11-23)39-22-6-4-19(5-7-22)26-25-27(30)34-16-35-28(25)37(36-26)14-21-3-2-8-31-21;/h7-10,12-16,19,24H,5-6,11,17-18H2,1-4H3,(H2,35,38,39);4-7,9-13,16,21,31H,2-3,8,14-15H2,1H3,(H2,30,34,35);1H/t24-;21-;/m11./s1. The van der Waals surface area contributed by atoms with Gasteiger partial charge < -0.3 is 45.4 Å². The first-order chi connectivity index (χ1) is 41.0. The molecule has 0 unspecified atom stereocenters. The van der Waals surface area contributed by atoms with Crippen LogP contribution in [-0.4, -0.2) is 101 Å². The van der Waals surface area contributed by atoms with Gasteiger partial charge in [0.1, 0.15) is 112 Å². The van der Waals surface area contributed by atoms with Gasteiger partial charge in [0.2, 0.25) is 0 Å². The summed E-state index contributed by atoms with van der Waals surface area (Å²) in [6.45, 7) is 12.3. The molecule has 2 fully saturated rings. The van der Waals surface area contributed by atoms with E-state index in [0.717, 1.165) is 59.9 Å². The zero-order chi connectivity index (χ0) is 59.2. The van der Waals surface area contributed by atoms with Crippen LogP contribution in [-0.2, 0) is 31.0 Å². The Bertz CT molecular complexity index is 3980. The number of hydrogen-bond acceptors (Lipinski definition) is 19. The van der Waals surface area contributed by atoms with Crippen molar-refractivity contribution in [3.05, 3.63) is 157 Å². The molecular weight excluding hydrogens is 1130 g/mol. The first-order valence-electron chi connectivity index (χ1n) is 27.7. The summed E-state index contributed by atoms with van der Waals surface area (Å²) in [6, 6.07) is 23.2. The monoisotopic (exact) mass is 1190 g/mol. The van der Waals surface area contributed by atoms with Gasteiger partial charge in [-0.3, -0.25) is 0 Å². The quantitative estimate of drug-likeness (QED) is 0.0811. The second-order valence-electron chi connectivity index (χ2n) is 21.6. The van der Waals surface area contributed by atoms with E-state index in [4.69, 9.17) is 45.3 Å². The van der Waals surface area contributed by atoms with E-state index in [-0.39, 0.29) is 43.5 Å². The van der Waals surface area contributed by atoms with Gasteiger partial charge >= 0.3 is 6.09 Å². The van der Waals surface area contributed by atoms with Gasteiger partial charge in [0, 0.05) is 96.0 Å². The molecule has 0 saturated carbocycles. The minimum atomic E-state index is -0.588. The Morgan fingerprint density at radius 1 is 0.605 bits per heavy atom. The number of fused-ring (bicyclic) bond motifs is 2. The molecule has 0 bridgehead atoms. The molecule has 2 saturated heterocycles. The van der Waals surface area contributed by atoms with Crippen molar-refractivity contribution in [2.24, 2.45) is 0 Å². The molecular formula is C61H63ClF2N16O6. The van der Waals surface area contributed by atoms with Crippen LogP contribution in [0.1, 0.15) is 69.2 Å². The second-order valence-corrected chi connectivity index (χ2v) is 21.6. The second kappa shape index (κ2) is 26.1. The first kappa shape index (κ1) is 59.5. The third-order valence-electron chi connectivity index (χ3n) is 14.0. The highest BCUT2D eigenvalue weighted by Gasteiger charge is 2.34. The number of aryl methyl sites for hydroxylation is 2. The number of amides is 1. The minimum absolute atomic E-state index is 0. The number of nitrogens with one attached hydrogen (secondary N) is 1. The average Bonchev–Trinajstić information content (AvgIpc) is 1.90. The lowest BCUT2D eigenvalue weighted by atomic mass is 10.1. The Kier molecular flexibility index (Phi) is 18.0. The van der Waals surface area contributed by atoms with Crippen LogP contribution in [0, 0.1) is 25.5 Å². The number of aromatic nitrogens is 12. The Hall–Kier alpha value is -9.68. The molecule has 0 spiro atoms. The zero-order valence-electron chi connectivity index (χ0n) is 47.9. The van der Waals surface area contributed by atoms with Crippen LogP contribution in [0.4, 0.5) is 25.2 Å². The normalized spacial score (nSPS) is 14.8. The van der Waals surface area contributed by atoms with Crippen molar-refractivity contribution in [1.82, 2.24) is 69.6 Å². The fraction of sp³-hybridized carbons (Fsp3) is 0.295. The summed E-state index contributed by atoms with van der Waals surface area (Å²) in [4.78, 5) is 48.6. The number of carbonyl (C=O) groups excluding carboxylic acids is 1. The van der Waals surface area contributed by atoms with Gasteiger partial charge in [-0.15, -0.1) is 12.4 Å². The number of carbonyl (C=O) groups is 1. The van der Waals surface area contributed by atoms with E-state index in [0.29, 0.717) is 106 Å². The van der Waals surface area contributed by atoms with Crippen molar-refractivity contribution in [2.75, 3.05) is 24.6 Å². The number of nitrogens with two attached hydrogens (primary N) is 2. The van der Waals surface area contributed by atoms with E-state index in [1.54, 1.807) is 84.6 Å². The summed E-state index contributed by atoms with van der Waals surface area (Å²) in [7, 11) is 0. The number of likely N-dealkylation sites (tertiary alicyclic amines) is 1. The van der Waals surface area contributed by atoms with Crippen LogP contribution in [0.25, 0.3) is 44.6 Å². The van der Waals surface area contributed by atoms with Crippen LogP contribution in [0.15, 0.2) is 122 Å². The minimum Gasteiger partial charge on any atom is -0.489 e. The van der Waals surface area contributed by atoms with Gasteiger partial charge in [-0.05, 0) is 115 Å². The lowest BCUT2D eigenvalue weighted by molar-refractivity contribution is 0.0212. The molecule has 22 nitrogen and oxygen atoms in total. The molecule has 25 heteroatoms. The third-order valence-corrected chi connectivity index (χ3v) is 14.0. The number of ether oxygens (including phenoxy) is 5. The highest BCUT2D eigenvalue weighted by Crippen LogP contribution is 2.36. The van der Waals surface area contributed by atoms with E-state index in [1.165, 1.54) is 36.9 Å². The Morgan fingerprint density at radius 2 is 1.07 bits per heavy atom. The molecule has 5 N–H and O–H groups in total. The summed E-state index contributed by atoms with van der Waals surface area (Å²) < 4.78 is 61.4. The van der Waals surface area contributed by atoms with E-state index in [9.17, 15) is 13.6 Å². The van der Waals surface area contributed by atoms with Gasteiger partial charge in [-0.2, -0.15) is 10.2 Å². The lowest BCUT2D eigenvalue weighted by Gasteiger charge is -2.28. The molecule has 0 aliphatic carbocycles. The maximum absolute atomic E-state index is 14.4. The first-order valence-corrected chi connectivity index (χ1v) is 27.7. The van der Waals surface area contributed by atoms with E-state index >= 15 is 0 Å². The molecule has 8 heterocycles. The van der Waals surface area contributed by atoms with Gasteiger partial charge in [-0.1, -0.05) is 0 Å². The molecule has 6 aromatic heterocycles. The number of nitrogens with zero attached hydrogens (tertiary/aromatic N) is 13. The number of benzene rings is 4. The van der Waals surface area contributed by atoms with Gasteiger partial charge in [0.15, 0.2) is 11.3 Å². The molecule has 0 radical (unpaired) electrons. The molecule has 2 aliphatic rings. The van der Waals surface area contributed by atoms with Crippen LogP contribution >= 0.6 is 12.4 Å². The number of hydrogen-bond donors (Lipinski definition) is 3. The average molecular weight is 1190 g/mol. The SMILES string of the molecule is Cc1ncc(COc2cc(F)cc(Oc3ccc(-c4nn(C[C@H]5CCCN5)c5ncnc(N)c45)cc3)c2)cn1.Cc1ncc(COc2cc(F)cc(Oc3ccc(-c4nn(C[C@H]5CCCN5C(=O)OC(C)(C)C)c5ncnc(N)c45)cc3)c2)cn1.Cl. The number of rotatable bonds is 16. The molecule has 86 heavy (non-hydrogen) atoms. The third kappa shape index (κ3) is 14.4. The van der Waals surface area contributed by atoms with Crippen LogP contribution in [0.5, 0.6) is 34.5 Å². The molecule has 12 rings (SSSR count). The molecule has 2 aliphatic heterocycles. The highest BCUT2D eigenvalue weighted by atomic mass is 35.5. The highest BCUT2D eigenvalue weighted by molar-refractivity contribution is 5.99. The van der Waals surface area contributed by atoms with E-state index in [2.05, 4.69) is 45.2 Å². The maximum Gasteiger partial charge on any atom is 0.410 e. The molecule has 4 aromatic carbocycles. The van der Waals surface area contributed by atoms with E-state index in [1.807, 2.05) is 49.7 Å². The summed E-state index contributed by atoms with van der Waals surface area (Å²) in [6.07, 6.45) is 13.1. The van der Waals surface area contributed by atoms with Crippen molar-refractivity contribution in [3.63, 3.8) is 0 Å². The van der Waals surface area contributed by atoms with Crippen molar-refractivity contribution >= 4 is 52.2 Å². The predicted octanol–water partition coefficient (Wildman–Crippen LogP) is 10.9. The number of anilines is 2. The van der Waals surface area contributed by atoms with Crippen LogP contribution in [0.2, 0.25) is 0 Å². The molecule has 2 atom stereocenters. The van der Waals surface area contributed by atoms with Gasteiger partial charge in [-0.25, -0.2) is 62.8 Å². The van der Waals surface area contributed by atoms with E-state index < -0.39 is 17.2 Å². The largest absolute Gasteiger partial charge is 0.489 e. The number of halogens is 3.